The van der Waals surface area contributed by atoms with Crippen LogP contribution in [0.25, 0.3) is 27.5 Å². The molecule has 0 aliphatic heterocycles. The number of allylic oxidation sites excluding steroid dienone is 8. The molecule has 0 amide bonds. The van der Waals surface area contributed by atoms with Gasteiger partial charge in [-0.1, -0.05) is 109 Å². The van der Waals surface area contributed by atoms with Gasteiger partial charge in [-0.25, -0.2) is 4.99 Å². The molecule has 2 N–H and O–H groups in total. The van der Waals surface area contributed by atoms with E-state index in [9.17, 15) is 0 Å². The molecule has 5 nitrogen and oxygen atoms in total. The Morgan fingerprint density at radius 2 is 1.01 bits per heavy atom. The minimum Gasteiger partial charge on any atom is -0.384 e. The zero-order chi connectivity index (χ0) is 49.6. The first-order chi connectivity index (χ1) is 35.4. The van der Waals surface area contributed by atoms with E-state index >= 15 is 0 Å². The lowest BCUT2D eigenvalue weighted by molar-refractivity contribution is -0.467. The molecule has 0 aromatic heterocycles. The van der Waals surface area contributed by atoms with E-state index in [-0.39, 0.29) is 0 Å². The summed E-state index contributed by atoms with van der Waals surface area (Å²) in [6.07, 6.45) is 18.9. The molecule has 4 unspecified atom stereocenters. The molecule has 5 heteroatoms. The molecule has 2 fully saturated rings. The Labute approximate surface area is 431 Å². The lowest BCUT2D eigenvalue weighted by Gasteiger charge is -2.28. The van der Waals surface area contributed by atoms with Gasteiger partial charge in [0.05, 0.1) is 5.56 Å². The molecule has 2 bridgehead atoms. The smallest absolute Gasteiger partial charge is 0.206 e. The zero-order valence-corrected chi connectivity index (χ0v) is 43.8. The van der Waals surface area contributed by atoms with Gasteiger partial charge in [0.1, 0.15) is 6.54 Å². The van der Waals surface area contributed by atoms with E-state index in [1.165, 1.54) is 114 Å². The molecule has 368 valence electrons. The van der Waals surface area contributed by atoms with Crippen molar-refractivity contribution in [2.45, 2.75) is 67.2 Å². The normalized spacial score (nSPS) is 19.3. The Hall–Kier alpha value is -6.85. The highest BCUT2D eigenvalue weighted by Gasteiger charge is 2.47. The average Bonchev–Trinajstić information content (AvgIpc) is 4.04. The van der Waals surface area contributed by atoms with Crippen LogP contribution in [0.1, 0.15) is 101 Å². The van der Waals surface area contributed by atoms with Crippen LogP contribution < -0.4 is 25.0 Å². The van der Waals surface area contributed by atoms with Crippen molar-refractivity contribution < 1.29 is 4.99 Å². The van der Waals surface area contributed by atoms with E-state index in [1.54, 1.807) is 0 Å². The quantitative estimate of drug-likeness (QED) is 0.0900. The van der Waals surface area contributed by atoms with Gasteiger partial charge in [0.25, 0.3) is 0 Å². The second-order valence-electron chi connectivity index (χ2n) is 20.3. The van der Waals surface area contributed by atoms with Crippen LogP contribution in [0.15, 0.2) is 175 Å². The maximum atomic E-state index is 4.06. The van der Waals surface area contributed by atoms with Crippen molar-refractivity contribution in [1.82, 2.24) is 0 Å². The number of nitrogens with zero attached hydrogens (tertiary/aromatic N) is 3. The largest absolute Gasteiger partial charge is 0.384 e. The first kappa shape index (κ1) is 48.8. The van der Waals surface area contributed by atoms with Crippen LogP contribution in [-0.4, -0.2) is 58.1 Å². The fourth-order valence-electron chi connectivity index (χ4n) is 12.9. The van der Waals surface area contributed by atoms with Crippen molar-refractivity contribution in [2.24, 2.45) is 23.7 Å². The highest BCUT2D eigenvalue weighted by Crippen LogP contribution is 2.51. The number of anilines is 4. The van der Waals surface area contributed by atoms with Gasteiger partial charge >= 0.3 is 0 Å². The monoisotopic (exact) mass is 951 g/mol. The van der Waals surface area contributed by atoms with Crippen molar-refractivity contribution in [3.8, 4) is 0 Å². The molecule has 72 heavy (non-hydrogen) atoms. The molecule has 0 saturated heterocycles. The average molecular weight is 951 g/mol. The lowest BCUT2D eigenvalue weighted by atomic mass is 9.80. The number of nitrogens with one attached hydrogen (secondary N) is 2. The number of hydrogen-bond acceptors (Lipinski definition) is 4. The van der Waals surface area contributed by atoms with Crippen molar-refractivity contribution in [2.75, 3.05) is 72.4 Å². The van der Waals surface area contributed by atoms with Crippen LogP contribution in [0.2, 0.25) is 0 Å². The highest BCUT2D eigenvalue weighted by atomic mass is 15.1. The van der Waals surface area contributed by atoms with Crippen molar-refractivity contribution in [3.63, 3.8) is 0 Å². The van der Waals surface area contributed by atoms with E-state index in [0.717, 1.165) is 64.7 Å². The predicted molar refractivity (Wildman–Crippen MR) is 311 cm³/mol. The van der Waals surface area contributed by atoms with Gasteiger partial charge in [0.2, 0.25) is 5.71 Å². The minimum atomic E-state index is 0.655. The van der Waals surface area contributed by atoms with Gasteiger partial charge in [0.15, 0.2) is 0 Å². The summed E-state index contributed by atoms with van der Waals surface area (Å²) < 4.78 is 0. The Bertz CT molecular complexity index is 2950. The van der Waals surface area contributed by atoms with E-state index in [0.29, 0.717) is 17.8 Å². The van der Waals surface area contributed by atoms with Crippen LogP contribution in [0.3, 0.4) is 0 Å². The Kier molecular flexibility index (Phi) is 15.1. The van der Waals surface area contributed by atoms with Crippen molar-refractivity contribution in [3.05, 3.63) is 209 Å². The number of rotatable bonds is 18. The summed E-state index contributed by atoms with van der Waals surface area (Å²) in [4.78, 5) is 11.3. The first-order valence-corrected chi connectivity index (χ1v) is 27.5. The fraction of sp³-hybridized carbons (Fsp3) is 0.328. The predicted octanol–water partition coefficient (Wildman–Crippen LogP) is 13.9. The summed E-state index contributed by atoms with van der Waals surface area (Å²) in [5.74, 6) is 2.84. The molecule has 4 aliphatic carbocycles. The van der Waals surface area contributed by atoms with Crippen LogP contribution in [-0.2, 0) is 0 Å². The second-order valence-corrected chi connectivity index (χ2v) is 20.3. The van der Waals surface area contributed by atoms with Crippen molar-refractivity contribution >= 4 is 56.0 Å². The molecular formula is C67H76N5+. The molecule has 4 atom stereocenters. The van der Waals surface area contributed by atoms with Gasteiger partial charge in [0, 0.05) is 85.9 Å². The Morgan fingerprint density at radius 1 is 0.500 bits per heavy atom. The van der Waals surface area contributed by atoms with E-state index in [4.69, 9.17) is 0 Å². The van der Waals surface area contributed by atoms with Gasteiger partial charge in [-0.2, -0.15) is 0 Å². The van der Waals surface area contributed by atoms with E-state index < -0.39 is 0 Å². The minimum absolute atomic E-state index is 0.655. The molecule has 4 aliphatic rings. The van der Waals surface area contributed by atoms with Crippen molar-refractivity contribution in [1.29, 1.82) is 0 Å². The third-order valence-electron chi connectivity index (χ3n) is 16.6. The second kappa shape index (κ2) is 22.3. The van der Waals surface area contributed by atoms with Crippen LogP contribution >= 0.6 is 0 Å². The Morgan fingerprint density at radius 3 is 1.57 bits per heavy atom. The molecule has 10 rings (SSSR count). The summed E-state index contributed by atoms with van der Waals surface area (Å²) in [7, 11) is 0. The maximum Gasteiger partial charge on any atom is 0.206 e. The first-order valence-electron chi connectivity index (χ1n) is 27.5. The van der Waals surface area contributed by atoms with E-state index in [2.05, 4.69) is 236 Å². The van der Waals surface area contributed by atoms with Crippen LogP contribution in [0.5, 0.6) is 0 Å². The lowest BCUT2D eigenvalue weighted by Crippen LogP contribution is -2.75. The molecular weight excluding hydrogens is 875 g/mol. The van der Waals surface area contributed by atoms with Crippen LogP contribution in [0.4, 0.5) is 22.7 Å². The van der Waals surface area contributed by atoms with Gasteiger partial charge in [-0.3, -0.25) is 0 Å². The summed E-state index contributed by atoms with van der Waals surface area (Å²) in [5.41, 5.74) is 19.0. The number of fused-ring (bicyclic) bond motifs is 4. The third-order valence-corrected chi connectivity index (χ3v) is 16.6. The molecule has 0 heterocycles. The summed E-state index contributed by atoms with van der Waals surface area (Å²) >= 11 is 0. The Balaban J connectivity index is 0.898. The molecule has 0 radical (unpaired) electrons. The molecule has 2 saturated carbocycles. The number of hydrogen-bond donors (Lipinski definition) is 2. The zero-order valence-electron chi connectivity index (χ0n) is 43.8. The standard InChI is InChI=1S/C67H75N5/c1-7-70(8-2)54-32-26-49(27-33-54)66(48-20-14-13-15-21-48)61-38-40-64(59-24-18-16-22-57(59)61)68-45-52-42-47-43-53(63(52)44-47)46-69-65-41-39-62(58-23-17-19-25-60(58)65)67(50-28-34-55(35-29-50)71(9-3)10-4)51-30-36-56(37-31-51)72(11-5)12-6/h14-41,47,52-53,63,68H,7-13,42-46H2,1-6H3/p+1. The third kappa shape index (κ3) is 9.88. The topological polar surface area (TPSA) is 35.7 Å². The SMILES string of the molecule is CCN(CC)c1ccc(C(=C2C=CC(=[NH+]CC3CC4CC(CNc5ccc(C(=C6C=CCC=C6)c6ccc(N(CC)CC)cc6)c6ccccc56)C3C4)c3ccccc32)c2ccc(N(CC)CC)cc2)cc1. The highest BCUT2D eigenvalue weighted by molar-refractivity contribution is 6.17. The summed E-state index contributed by atoms with van der Waals surface area (Å²) in [6.45, 7) is 21.4. The molecule has 6 aromatic carbocycles. The molecule has 0 spiro atoms. The van der Waals surface area contributed by atoms with Crippen LogP contribution in [0, 0.1) is 23.7 Å². The molecule has 6 aromatic rings. The number of benzene rings is 6. The van der Waals surface area contributed by atoms with Gasteiger partial charge in [-0.15, -0.1) is 0 Å². The fourth-order valence-corrected chi connectivity index (χ4v) is 12.9. The van der Waals surface area contributed by atoms with Gasteiger partial charge in [-0.05, 0) is 195 Å². The maximum absolute atomic E-state index is 4.06. The van der Waals surface area contributed by atoms with E-state index in [1.807, 2.05) is 0 Å². The van der Waals surface area contributed by atoms with Gasteiger partial charge < -0.3 is 20.0 Å². The summed E-state index contributed by atoms with van der Waals surface area (Å²) in [5, 5.41) is 6.64. The summed E-state index contributed by atoms with van der Waals surface area (Å²) in [6, 6.07) is 50.6.